The normalized spacial score (nSPS) is 11.7. The first-order valence-electron chi connectivity index (χ1n) is 6.70. The fraction of sp³-hybridized carbons (Fsp3) is 0.125. The summed E-state index contributed by atoms with van der Waals surface area (Å²) in [5, 5.41) is 2.27. The Morgan fingerprint density at radius 2 is 1.75 bits per heavy atom. The Morgan fingerprint density at radius 3 is 2.38 bits per heavy atom. The summed E-state index contributed by atoms with van der Waals surface area (Å²) in [6.45, 7) is 1.27. The highest BCUT2D eigenvalue weighted by molar-refractivity contribution is 9.10. The molecule has 2 aromatic rings. The van der Waals surface area contributed by atoms with E-state index in [1.807, 2.05) is 0 Å². The fourth-order valence-corrected chi connectivity index (χ4v) is 2.08. The molecular weight excluding hydrogens is 391 g/mol. The van der Waals surface area contributed by atoms with Crippen molar-refractivity contribution in [1.29, 1.82) is 0 Å². The van der Waals surface area contributed by atoms with Gasteiger partial charge in [-0.25, -0.2) is 18.0 Å². The summed E-state index contributed by atoms with van der Waals surface area (Å²) < 4.78 is 44.9. The van der Waals surface area contributed by atoms with Crippen molar-refractivity contribution in [3.8, 4) is 0 Å². The van der Waals surface area contributed by atoms with Gasteiger partial charge in [-0.2, -0.15) is 0 Å². The molecule has 2 rings (SSSR count). The van der Waals surface area contributed by atoms with Gasteiger partial charge in [0.1, 0.15) is 5.82 Å². The van der Waals surface area contributed by atoms with Crippen molar-refractivity contribution in [1.82, 2.24) is 0 Å². The minimum atomic E-state index is -1.27. The number of carbonyl (C=O) groups is 2. The van der Waals surface area contributed by atoms with Crippen molar-refractivity contribution in [2.45, 2.75) is 13.0 Å². The summed E-state index contributed by atoms with van der Waals surface area (Å²) in [4.78, 5) is 23.8. The standard InChI is InChI=1S/C16H11BrF3NO3/c1-8(15(22)21-10-3-5-12(18)14(20)7-10)24-16(23)11-4-2-9(17)6-13(11)19/h2-8H,1H3,(H,21,22)/t8-/m0/s1. The molecule has 1 atom stereocenters. The Kier molecular flexibility index (Phi) is 5.61. The van der Waals surface area contributed by atoms with Gasteiger partial charge < -0.3 is 10.1 Å². The number of amides is 1. The Morgan fingerprint density at radius 1 is 1.04 bits per heavy atom. The van der Waals surface area contributed by atoms with Gasteiger partial charge in [-0.05, 0) is 37.3 Å². The molecule has 24 heavy (non-hydrogen) atoms. The largest absolute Gasteiger partial charge is 0.449 e. The van der Waals surface area contributed by atoms with Crippen LogP contribution >= 0.6 is 15.9 Å². The monoisotopic (exact) mass is 401 g/mol. The minimum absolute atomic E-state index is 0.00313. The molecular formula is C16H11BrF3NO3. The summed E-state index contributed by atoms with van der Waals surface area (Å²) in [7, 11) is 0. The van der Waals surface area contributed by atoms with Crippen molar-refractivity contribution in [2.75, 3.05) is 5.32 Å². The summed E-state index contributed by atoms with van der Waals surface area (Å²) in [5.74, 6) is -4.78. The predicted octanol–water partition coefficient (Wildman–Crippen LogP) is 4.05. The zero-order valence-electron chi connectivity index (χ0n) is 12.3. The molecule has 0 spiro atoms. The van der Waals surface area contributed by atoms with Crippen molar-refractivity contribution in [3.63, 3.8) is 0 Å². The van der Waals surface area contributed by atoms with Crippen LogP contribution in [0.15, 0.2) is 40.9 Å². The summed E-state index contributed by atoms with van der Waals surface area (Å²) in [6.07, 6.45) is -1.27. The van der Waals surface area contributed by atoms with Gasteiger partial charge in [0.25, 0.3) is 5.91 Å². The minimum Gasteiger partial charge on any atom is -0.449 e. The van der Waals surface area contributed by atoms with Crippen LogP contribution < -0.4 is 5.32 Å². The first-order chi connectivity index (χ1) is 11.3. The molecule has 0 radical (unpaired) electrons. The molecule has 8 heteroatoms. The van der Waals surface area contributed by atoms with Gasteiger partial charge in [-0.15, -0.1) is 0 Å². The van der Waals surface area contributed by atoms with Gasteiger partial charge in [-0.3, -0.25) is 4.79 Å². The number of hydrogen-bond donors (Lipinski definition) is 1. The Hall–Kier alpha value is -2.35. The van der Waals surface area contributed by atoms with Gasteiger partial charge >= 0.3 is 5.97 Å². The van der Waals surface area contributed by atoms with E-state index in [9.17, 15) is 22.8 Å². The lowest BCUT2D eigenvalue weighted by Crippen LogP contribution is -2.30. The molecule has 0 aliphatic rings. The second-order valence-electron chi connectivity index (χ2n) is 4.79. The van der Waals surface area contributed by atoms with Crippen LogP contribution in [0.1, 0.15) is 17.3 Å². The van der Waals surface area contributed by atoms with Crippen molar-refractivity contribution >= 4 is 33.5 Å². The second kappa shape index (κ2) is 7.48. The average molecular weight is 402 g/mol. The molecule has 0 saturated heterocycles. The number of carbonyl (C=O) groups excluding carboxylic acids is 2. The lowest BCUT2D eigenvalue weighted by atomic mass is 10.2. The Bertz CT molecular complexity index is 798. The van der Waals surface area contributed by atoms with Crippen LogP contribution in [0, 0.1) is 17.5 Å². The highest BCUT2D eigenvalue weighted by Crippen LogP contribution is 2.17. The smallest absolute Gasteiger partial charge is 0.341 e. The zero-order valence-corrected chi connectivity index (χ0v) is 13.9. The van der Waals surface area contributed by atoms with Gasteiger partial charge in [0, 0.05) is 16.2 Å². The molecule has 0 heterocycles. The summed E-state index contributed by atoms with van der Waals surface area (Å²) in [5.41, 5.74) is -0.331. The lowest BCUT2D eigenvalue weighted by Gasteiger charge is -2.14. The van der Waals surface area contributed by atoms with Gasteiger partial charge in [0.15, 0.2) is 17.7 Å². The maximum atomic E-state index is 13.7. The van der Waals surface area contributed by atoms with Gasteiger partial charge in [0.2, 0.25) is 0 Å². The van der Waals surface area contributed by atoms with Crippen molar-refractivity contribution in [2.24, 2.45) is 0 Å². The van der Waals surface area contributed by atoms with Crippen LogP contribution in [0.4, 0.5) is 18.9 Å². The van der Waals surface area contributed by atoms with E-state index in [1.54, 1.807) is 0 Å². The van der Waals surface area contributed by atoms with E-state index >= 15 is 0 Å². The summed E-state index contributed by atoms with van der Waals surface area (Å²) >= 11 is 3.05. The average Bonchev–Trinajstić information content (AvgIpc) is 2.50. The highest BCUT2D eigenvalue weighted by Gasteiger charge is 2.21. The van der Waals surface area contributed by atoms with E-state index in [-0.39, 0.29) is 11.3 Å². The Balaban J connectivity index is 2.02. The quantitative estimate of drug-likeness (QED) is 0.786. The maximum absolute atomic E-state index is 13.7. The maximum Gasteiger partial charge on any atom is 0.341 e. The number of hydrogen-bond acceptors (Lipinski definition) is 3. The fourth-order valence-electron chi connectivity index (χ4n) is 1.75. The SMILES string of the molecule is C[C@H](OC(=O)c1ccc(Br)cc1F)C(=O)Nc1ccc(F)c(F)c1. The number of rotatable bonds is 4. The number of anilines is 1. The molecule has 126 valence electrons. The number of halogens is 4. The third kappa shape index (κ3) is 4.35. The van der Waals surface area contributed by atoms with E-state index < -0.39 is 35.4 Å². The molecule has 0 unspecified atom stereocenters. The molecule has 0 aliphatic heterocycles. The van der Waals surface area contributed by atoms with Gasteiger partial charge in [-0.1, -0.05) is 15.9 Å². The van der Waals surface area contributed by atoms with Crippen LogP contribution in [0.2, 0.25) is 0 Å². The van der Waals surface area contributed by atoms with Crippen LogP contribution in [-0.4, -0.2) is 18.0 Å². The first-order valence-corrected chi connectivity index (χ1v) is 7.49. The zero-order chi connectivity index (χ0) is 17.9. The third-order valence-corrected chi connectivity index (χ3v) is 3.48. The third-order valence-electron chi connectivity index (χ3n) is 2.99. The predicted molar refractivity (Wildman–Crippen MR) is 84.0 cm³/mol. The molecule has 1 N–H and O–H groups in total. The Labute approximate surface area is 143 Å². The molecule has 0 fully saturated rings. The number of nitrogens with one attached hydrogen (secondary N) is 1. The lowest BCUT2D eigenvalue weighted by molar-refractivity contribution is -0.123. The van der Waals surface area contributed by atoms with Crippen molar-refractivity contribution in [3.05, 3.63) is 63.9 Å². The van der Waals surface area contributed by atoms with Gasteiger partial charge in [0.05, 0.1) is 5.56 Å². The molecule has 4 nitrogen and oxygen atoms in total. The summed E-state index contributed by atoms with van der Waals surface area (Å²) in [6, 6.07) is 6.53. The molecule has 2 aromatic carbocycles. The van der Waals surface area contributed by atoms with E-state index in [0.29, 0.717) is 4.47 Å². The number of ether oxygens (including phenoxy) is 1. The molecule has 0 bridgehead atoms. The van der Waals surface area contributed by atoms with Crippen LogP contribution in [-0.2, 0) is 9.53 Å². The first kappa shape index (κ1) is 18.0. The van der Waals surface area contributed by atoms with Crippen molar-refractivity contribution < 1.29 is 27.5 Å². The molecule has 0 saturated carbocycles. The number of benzene rings is 2. The van der Waals surface area contributed by atoms with E-state index in [4.69, 9.17) is 4.74 Å². The number of esters is 1. The van der Waals surface area contributed by atoms with Crippen LogP contribution in [0.5, 0.6) is 0 Å². The van der Waals surface area contributed by atoms with Crippen LogP contribution in [0.3, 0.4) is 0 Å². The van der Waals surface area contributed by atoms with Crippen LogP contribution in [0.25, 0.3) is 0 Å². The van der Waals surface area contributed by atoms with E-state index in [1.165, 1.54) is 19.1 Å². The van der Waals surface area contributed by atoms with E-state index in [0.717, 1.165) is 24.3 Å². The highest BCUT2D eigenvalue weighted by atomic mass is 79.9. The molecule has 0 aliphatic carbocycles. The van der Waals surface area contributed by atoms with E-state index in [2.05, 4.69) is 21.2 Å². The molecule has 0 aromatic heterocycles. The molecule has 1 amide bonds. The topological polar surface area (TPSA) is 55.4 Å². The second-order valence-corrected chi connectivity index (χ2v) is 5.71.